The lowest BCUT2D eigenvalue weighted by atomic mass is 10.2. The van der Waals surface area contributed by atoms with Gasteiger partial charge in [-0.25, -0.2) is 4.98 Å². The van der Waals surface area contributed by atoms with Crippen molar-refractivity contribution in [2.24, 2.45) is 0 Å². The Morgan fingerprint density at radius 1 is 1.21 bits per heavy atom. The number of hydrogen-bond donors (Lipinski definition) is 2. The number of aromatic nitrogens is 1. The third-order valence-electron chi connectivity index (χ3n) is 2.14. The van der Waals surface area contributed by atoms with E-state index in [-0.39, 0.29) is 11.8 Å². The van der Waals surface area contributed by atoms with Crippen LogP contribution in [0.1, 0.15) is 17.3 Å². The van der Waals surface area contributed by atoms with Gasteiger partial charge in [0.2, 0.25) is 5.91 Å². The van der Waals surface area contributed by atoms with Crippen LogP contribution >= 0.6 is 27.3 Å². The Morgan fingerprint density at radius 2 is 1.89 bits per heavy atom. The standard InChI is InChI=1S/C12H10BrN3O2S/c1-7(17)14-10-6-19-12(15-10)16-11(18)8-2-4-9(13)5-3-8/h2-6H,1H3,(H,14,17)(H,15,16,18). The molecule has 0 spiro atoms. The van der Waals surface area contributed by atoms with Crippen molar-refractivity contribution in [1.29, 1.82) is 0 Å². The summed E-state index contributed by atoms with van der Waals surface area (Å²) in [6.07, 6.45) is 0. The lowest BCUT2D eigenvalue weighted by Gasteiger charge is -2.01. The number of carbonyl (C=O) groups is 2. The van der Waals surface area contributed by atoms with Crippen LogP contribution < -0.4 is 10.6 Å². The van der Waals surface area contributed by atoms with Gasteiger partial charge in [0.15, 0.2) is 5.13 Å². The van der Waals surface area contributed by atoms with Crippen LogP contribution in [0.25, 0.3) is 0 Å². The molecule has 5 nitrogen and oxygen atoms in total. The molecule has 98 valence electrons. The smallest absolute Gasteiger partial charge is 0.257 e. The van der Waals surface area contributed by atoms with Crippen LogP contribution in [-0.2, 0) is 4.79 Å². The van der Waals surface area contributed by atoms with E-state index < -0.39 is 0 Å². The van der Waals surface area contributed by atoms with Crippen LogP contribution in [0.3, 0.4) is 0 Å². The van der Waals surface area contributed by atoms with E-state index in [1.54, 1.807) is 29.6 Å². The minimum absolute atomic E-state index is 0.198. The molecule has 0 aliphatic carbocycles. The quantitative estimate of drug-likeness (QED) is 0.902. The van der Waals surface area contributed by atoms with E-state index in [1.165, 1.54) is 18.3 Å². The summed E-state index contributed by atoms with van der Waals surface area (Å²) in [7, 11) is 0. The Kier molecular flexibility index (Phi) is 4.28. The molecular weight excluding hydrogens is 330 g/mol. The summed E-state index contributed by atoms with van der Waals surface area (Å²) in [5, 5.41) is 7.33. The molecular formula is C12H10BrN3O2S. The van der Waals surface area contributed by atoms with E-state index in [0.29, 0.717) is 16.5 Å². The molecule has 19 heavy (non-hydrogen) atoms. The van der Waals surface area contributed by atoms with Gasteiger partial charge in [-0.3, -0.25) is 14.9 Å². The average Bonchev–Trinajstić information content (AvgIpc) is 2.76. The SMILES string of the molecule is CC(=O)Nc1csc(NC(=O)c2ccc(Br)cc2)n1. The van der Waals surface area contributed by atoms with Gasteiger partial charge >= 0.3 is 0 Å². The Bertz CT molecular complexity index is 610. The largest absolute Gasteiger partial charge is 0.310 e. The first-order chi connectivity index (χ1) is 9.04. The molecule has 0 unspecified atom stereocenters. The van der Waals surface area contributed by atoms with Crippen LogP contribution in [-0.4, -0.2) is 16.8 Å². The summed E-state index contributed by atoms with van der Waals surface area (Å²) in [4.78, 5) is 26.8. The molecule has 0 saturated heterocycles. The van der Waals surface area contributed by atoms with Crippen molar-refractivity contribution in [3.63, 3.8) is 0 Å². The highest BCUT2D eigenvalue weighted by molar-refractivity contribution is 9.10. The van der Waals surface area contributed by atoms with Gasteiger partial charge in [0.1, 0.15) is 5.82 Å². The minimum atomic E-state index is -0.240. The van der Waals surface area contributed by atoms with Crippen LogP contribution in [0.15, 0.2) is 34.1 Å². The Labute approximate surface area is 122 Å². The molecule has 1 aromatic heterocycles. The maximum atomic E-state index is 11.9. The second kappa shape index (κ2) is 5.94. The van der Waals surface area contributed by atoms with Crippen molar-refractivity contribution in [2.75, 3.05) is 10.6 Å². The number of benzene rings is 1. The van der Waals surface area contributed by atoms with Gasteiger partial charge in [0, 0.05) is 22.3 Å². The van der Waals surface area contributed by atoms with Gasteiger partial charge in [-0.2, -0.15) is 0 Å². The number of rotatable bonds is 3. The van der Waals surface area contributed by atoms with Gasteiger partial charge < -0.3 is 5.32 Å². The number of nitrogens with one attached hydrogen (secondary N) is 2. The third kappa shape index (κ3) is 3.87. The minimum Gasteiger partial charge on any atom is -0.310 e. The molecule has 2 N–H and O–H groups in total. The number of halogens is 1. The highest BCUT2D eigenvalue weighted by atomic mass is 79.9. The lowest BCUT2D eigenvalue weighted by Crippen LogP contribution is -2.12. The second-order valence-electron chi connectivity index (χ2n) is 3.68. The first kappa shape index (κ1) is 13.7. The molecule has 0 fully saturated rings. The number of carbonyl (C=O) groups excluding carboxylic acids is 2. The lowest BCUT2D eigenvalue weighted by molar-refractivity contribution is -0.114. The zero-order chi connectivity index (χ0) is 13.8. The van der Waals surface area contributed by atoms with Crippen LogP contribution in [0.2, 0.25) is 0 Å². The van der Waals surface area contributed by atoms with Crippen LogP contribution in [0, 0.1) is 0 Å². The van der Waals surface area contributed by atoms with Crippen molar-refractivity contribution >= 4 is 50.0 Å². The predicted molar refractivity (Wildman–Crippen MR) is 78.5 cm³/mol. The molecule has 0 aliphatic rings. The highest BCUT2D eigenvalue weighted by Gasteiger charge is 2.09. The molecule has 0 aliphatic heterocycles. The molecule has 2 aromatic rings. The average molecular weight is 340 g/mol. The van der Waals surface area contributed by atoms with Crippen molar-refractivity contribution in [1.82, 2.24) is 4.98 Å². The fourth-order valence-corrected chi connectivity index (χ4v) is 2.24. The maximum absolute atomic E-state index is 11.9. The molecule has 1 aromatic carbocycles. The molecule has 0 atom stereocenters. The van der Waals surface area contributed by atoms with Gasteiger partial charge in [-0.1, -0.05) is 15.9 Å². The first-order valence-corrected chi connectivity index (χ1v) is 7.02. The van der Waals surface area contributed by atoms with E-state index >= 15 is 0 Å². The maximum Gasteiger partial charge on any atom is 0.257 e. The van der Waals surface area contributed by atoms with Gasteiger partial charge in [-0.15, -0.1) is 11.3 Å². The summed E-state index contributed by atoms with van der Waals surface area (Å²) in [5.74, 6) is -0.00378. The van der Waals surface area contributed by atoms with Crippen molar-refractivity contribution in [3.05, 3.63) is 39.7 Å². The fraction of sp³-hybridized carbons (Fsp3) is 0.0833. The van der Waals surface area contributed by atoms with Gasteiger partial charge in [0.05, 0.1) is 0 Å². The molecule has 0 saturated carbocycles. The Balaban J connectivity index is 2.04. The predicted octanol–water partition coefficient (Wildman–Crippen LogP) is 3.12. The van der Waals surface area contributed by atoms with E-state index in [1.807, 2.05) is 0 Å². The highest BCUT2D eigenvalue weighted by Crippen LogP contribution is 2.20. The van der Waals surface area contributed by atoms with E-state index in [0.717, 1.165) is 4.47 Å². The molecule has 7 heteroatoms. The summed E-state index contributed by atoms with van der Waals surface area (Å²) < 4.78 is 0.909. The first-order valence-electron chi connectivity index (χ1n) is 5.34. The topological polar surface area (TPSA) is 71.1 Å². The van der Waals surface area contributed by atoms with Crippen molar-refractivity contribution in [2.45, 2.75) is 6.92 Å². The Hall–Kier alpha value is -1.73. The number of nitrogens with zero attached hydrogens (tertiary/aromatic N) is 1. The molecule has 2 rings (SSSR count). The van der Waals surface area contributed by atoms with Crippen LogP contribution in [0.4, 0.5) is 10.9 Å². The molecule has 0 radical (unpaired) electrons. The summed E-state index contributed by atoms with van der Waals surface area (Å²) in [6.45, 7) is 1.40. The zero-order valence-electron chi connectivity index (χ0n) is 9.94. The summed E-state index contributed by atoms with van der Waals surface area (Å²) in [5.41, 5.74) is 0.541. The number of thiazole rings is 1. The normalized spacial score (nSPS) is 10.0. The molecule has 1 heterocycles. The molecule has 2 amide bonds. The second-order valence-corrected chi connectivity index (χ2v) is 5.45. The monoisotopic (exact) mass is 339 g/mol. The van der Waals surface area contributed by atoms with Gasteiger partial charge in [-0.05, 0) is 24.3 Å². The van der Waals surface area contributed by atoms with E-state index in [2.05, 4.69) is 31.5 Å². The van der Waals surface area contributed by atoms with Gasteiger partial charge in [0.25, 0.3) is 5.91 Å². The van der Waals surface area contributed by atoms with Crippen molar-refractivity contribution in [3.8, 4) is 0 Å². The van der Waals surface area contributed by atoms with E-state index in [4.69, 9.17) is 0 Å². The Morgan fingerprint density at radius 3 is 2.53 bits per heavy atom. The summed E-state index contributed by atoms with van der Waals surface area (Å²) in [6, 6.07) is 7.00. The summed E-state index contributed by atoms with van der Waals surface area (Å²) >= 11 is 4.56. The zero-order valence-corrected chi connectivity index (χ0v) is 12.3. The third-order valence-corrected chi connectivity index (χ3v) is 3.42. The number of amides is 2. The number of anilines is 2. The van der Waals surface area contributed by atoms with E-state index in [9.17, 15) is 9.59 Å². The fourth-order valence-electron chi connectivity index (χ4n) is 1.34. The molecule has 0 bridgehead atoms. The van der Waals surface area contributed by atoms with Crippen molar-refractivity contribution < 1.29 is 9.59 Å². The number of hydrogen-bond acceptors (Lipinski definition) is 4. The van der Waals surface area contributed by atoms with Crippen LogP contribution in [0.5, 0.6) is 0 Å².